The van der Waals surface area contributed by atoms with E-state index in [4.69, 9.17) is 0 Å². The van der Waals surface area contributed by atoms with Crippen molar-refractivity contribution in [3.05, 3.63) is 22.5 Å². The Kier molecular flexibility index (Phi) is 2.49. The summed E-state index contributed by atoms with van der Waals surface area (Å²) >= 11 is 0. The van der Waals surface area contributed by atoms with Crippen LogP contribution in [0, 0.1) is 16.0 Å². The fourth-order valence-electron chi connectivity index (χ4n) is 1.69. The molecule has 0 aliphatic heterocycles. The van der Waals surface area contributed by atoms with Crippen LogP contribution >= 0.6 is 0 Å². The summed E-state index contributed by atoms with van der Waals surface area (Å²) in [7, 11) is 0. The molecule has 1 aliphatic rings. The van der Waals surface area contributed by atoms with Gasteiger partial charge in [-0.25, -0.2) is 9.97 Å². The lowest BCUT2D eigenvalue weighted by Gasteiger charge is -2.33. The lowest BCUT2D eigenvalue weighted by Crippen LogP contribution is -2.34. The van der Waals surface area contributed by atoms with Crippen LogP contribution in [0.4, 0.5) is 11.6 Å². The average Bonchev–Trinajstić information content (AvgIpc) is 2.16. The number of rotatable bonds is 3. The zero-order chi connectivity index (χ0) is 10.8. The highest BCUT2D eigenvalue weighted by Gasteiger charge is 2.25. The van der Waals surface area contributed by atoms with Crippen LogP contribution in [-0.4, -0.2) is 20.9 Å². The molecule has 1 N–H and O–H groups in total. The molecule has 1 aliphatic carbocycles. The summed E-state index contributed by atoms with van der Waals surface area (Å²) in [6.45, 7) is 2.19. The Morgan fingerprint density at radius 1 is 1.47 bits per heavy atom. The number of nitrogens with one attached hydrogen (secondary N) is 1. The molecule has 0 atom stereocenters. The van der Waals surface area contributed by atoms with Gasteiger partial charge in [-0.1, -0.05) is 6.92 Å². The first-order valence-corrected chi connectivity index (χ1v) is 4.88. The van der Waals surface area contributed by atoms with Crippen molar-refractivity contribution in [3.8, 4) is 0 Å². The predicted octanol–water partition coefficient (Wildman–Crippen LogP) is 1.60. The van der Waals surface area contributed by atoms with Gasteiger partial charge in [0.25, 0.3) is 0 Å². The van der Waals surface area contributed by atoms with Gasteiger partial charge in [0.2, 0.25) is 5.95 Å². The summed E-state index contributed by atoms with van der Waals surface area (Å²) in [6, 6.07) is 0.418. The summed E-state index contributed by atoms with van der Waals surface area (Å²) in [6.07, 6.45) is 4.66. The molecular weight excluding hydrogens is 196 g/mol. The maximum atomic E-state index is 10.3. The van der Waals surface area contributed by atoms with Gasteiger partial charge in [-0.15, -0.1) is 0 Å². The first kappa shape index (κ1) is 9.82. The van der Waals surface area contributed by atoms with Crippen molar-refractivity contribution in [2.24, 2.45) is 5.92 Å². The minimum absolute atomic E-state index is 0.0810. The first-order chi connectivity index (χ1) is 7.15. The SMILES string of the molecule is CC1CC(Nc2ncc([N+](=O)[O-])cn2)C1. The second-order valence-corrected chi connectivity index (χ2v) is 3.94. The summed E-state index contributed by atoms with van der Waals surface area (Å²) in [5.74, 6) is 1.22. The molecule has 6 heteroatoms. The average molecular weight is 208 g/mol. The monoisotopic (exact) mass is 208 g/mol. The Bertz CT molecular complexity index is 359. The second-order valence-electron chi connectivity index (χ2n) is 3.94. The van der Waals surface area contributed by atoms with E-state index in [1.54, 1.807) is 0 Å². The van der Waals surface area contributed by atoms with Crippen molar-refractivity contribution >= 4 is 11.6 Å². The van der Waals surface area contributed by atoms with E-state index in [0.717, 1.165) is 18.8 Å². The van der Waals surface area contributed by atoms with Crippen molar-refractivity contribution in [2.75, 3.05) is 5.32 Å². The highest BCUT2D eigenvalue weighted by Crippen LogP contribution is 2.28. The second kappa shape index (κ2) is 3.80. The van der Waals surface area contributed by atoms with Gasteiger partial charge in [0, 0.05) is 6.04 Å². The number of anilines is 1. The summed E-state index contributed by atoms with van der Waals surface area (Å²) in [5.41, 5.74) is -0.0810. The molecule has 1 saturated carbocycles. The van der Waals surface area contributed by atoms with Gasteiger partial charge in [0.15, 0.2) is 0 Å². The fraction of sp³-hybridized carbons (Fsp3) is 0.556. The number of hydrogen-bond donors (Lipinski definition) is 1. The minimum atomic E-state index is -0.505. The molecule has 80 valence electrons. The van der Waals surface area contributed by atoms with Gasteiger partial charge in [-0.05, 0) is 18.8 Å². The highest BCUT2D eigenvalue weighted by atomic mass is 16.6. The van der Waals surface area contributed by atoms with Crippen LogP contribution in [0.15, 0.2) is 12.4 Å². The Balaban J connectivity index is 1.95. The Morgan fingerprint density at radius 2 is 2.07 bits per heavy atom. The van der Waals surface area contributed by atoms with Gasteiger partial charge in [-0.2, -0.15) is 0 Å². The Morgan fingerprint density at radius 3 is 2.53 bits per heavy atom. The van der Waals surface area contributed by atoms with Crippen LogP contribution in [0.5, 0.6) is 0 Å². The lowest BCUT2D eigenvalue weighted by atomic mass is 9.82. The number of aromatic nitrogens is 2. The number of hydrogen-bond acceptors (Lipinski definition) is 5. The molecule has 1 aromatic heterocycles. The smallest absolute Gasteiger partial charge is 0.305 e. The molecule has 15 heavy (non-hydrogen) atoms. The Labute approximate surface area is 86.9 Å². The summed E-state index contributed by atoms with van der Waals surface area (Å²) in [5, 5.41) is 13.5. The molecule has 0 radical (unpaired) electrons. The van der Waals surface area contributed by atoms with Crippen molar-refractivity contribution in [1.82, 2.24) is 9.97 Å². The van der Waals surface area contributed by atoms with Crippen molar-refractivity contribution in [3.63, 3.8) is 0 Å². The Hall–Kier alpha value is -1.72. The highest BCUT2D eigenvalue weighted by molar-refractivity contribution is 5.32. The minimum Gasteiger partial charge on any atom is -0.351 e. The van der Waals surface area contributed by atoms with Crippen molar-refractivity contribution < 1.29 is 4.92 Å². The van der Waals surface area contributed by atoms with Crippen LogP contribution in [0.1, 0.15) is 19.8 Å². The van der Waals surface area contributed by atoms with Gasteiger partial charge >= 0.3 is 5.69 Å². The molecule has 2 rings (SSSR count). The number of nitro groups is 1. The topological polar surface area (TPSA) is 81.0 Å². The molecule has 0 bridgehead atoms. The molecular formula is C9H12N4O2. The number of nitrogens with zero attached hydrogens (tertiary/aromatic N) is 3. The van der Waals surface area contributed by atoms with Gasteiger partial charge < -0.3 is 5.32 Å². The van der Waals surface area contributed by atoms with E-state index in [9.17, 15) is 10.1 Å². The fourth-order valence-corrected chi connectivity index (χ4v) is 1.69. The van der Waals surface area contributed by atoms with Crippen LogP contribution < -0.4 is 5.32 Å². The molecule has 0 unspecified atom stereocenters. The van der Waals surface area contributed by atoms with Gasteiger partial charge in [-0.3, -0.25) is 10.1 Å². The zero-order valence-corrected chi connectivity index (χ0v) is 8.38. The van der Waals surface area contributed by atoms with E-state index in [-0.39, 0.29) is 5.69 Å². The molecule has 0 amide bonds. The van der Waals surface area contributed by atoms with E-state index >= 15 is 0 Å². The van der Waals surface area contributed by atoms with Crippen LogP contribution in [-0.2, 0) is 0 Å². The van der Waals surface area contributed by atoms with Crippen LogP contribution in [0.3, 0.4) is 0 Å². The third kappa shape index (κ3) is 2.20. The van der Waals surface area contributed by atoms with Crippen LogP contribution in [0.25, 0.3) is 0 Å². The largest absolute Gasteiger partial charge is 0.351 e. The normalized spacial score (nSPS) is 24.3. The van der Waals surface area contributed by atoms with E-state index < -0.39 is 4.92 Å². The quantitative estimate of drug-likeness (QED) is 0.602. The van der Waals surface area contributed by atoms with Crippen molar-refractivity contribution in [2.45, 2.75) is 25.8 Å². The standard InChI is InChI=1S/C9H12N4O2/c1-6-2-7(3-6)12-9-10-4-8(5-11-9)13(14)15/h4-7H,2-3H2,1H3,(H,10,11,12). The van der Waals surface area contributed by atoms with E-state index in [1.165, 1.54) is 12.4 Å². The summed E-state index contributed by atoms with van der Waals surface area (Å²) < 4.78 is 0. The third-order valence-electron chi connectivity index (χ3n) is 2.56. The predicted molar refractivity (Wildman–Crippen MR) is 54.5 cm³/mol. The molecule has 1 heterocycles. The maximum Gasteiger partial charge on any atom is 0.305 e. The molecule has 6 nitrogen and oxygen atoms in total. The molecule has 0 saturated heterocycles. The lowest BCUT2D eigenvalue weighted by molar-refractivity contribution is -0.385. The van der Waals surface area contributed by atoms with E-state index in [0.29, 0.717) is 12.0 Å². The van der Waals surface area contributed by atoms with Gasteiger partial charge in [0.05, 0.1) is 4.92 Å². The third-order valence-corrected chi connectivity index (χ3v) is 2.56. The molecule has 1 aromatic rings. The van der Waals surface area contributed by atoms with Crippen molar-refractivity contribution in [1.29, 1.82) is 0 Å². The zero-order valence-electron chi connectivity index (χ0n) is 8.38. The van der Waals surface area contributed by atoms with E-state index in [1.807, 2.05) is 0 Å². The maximum absolute atomic E-state index is 10.3. The molecule has 0 aromatic carbocycles. The van der Waals surface area contributed by atoms with Crippen LogP contribution in [0.2, 0.25) is 0 Å². The van der Waals surface area contributed by atoms with Gasteiger partial charge in [0.1, 0.15) is 12.4 Å². The molecule has 1 fully saturated rings. The van der Waals surface area contributed by atoms with E-state index in [2.05, 4.69) is 22.2 Å². The summed E-state index contributed by atoms with van der Waals surface area (Å²) in [4.78, 5) is 17.6. The first-order valence-electron chi connectivity index (χ1n) is 4.88. The molecule has 0 spiro atoms.